The third kappa shape index (κ3) is 8.32. The van der Waals surface area contributed by atoms with Crippen molar-refractivity contribution < 1.29 is 9.47 Å². The van der Waals surface area contributed by atoms with Gasteiger partial charge in [-0.2, -0.15) is 0 Å². The van der Waals surface area contributed by atoms with Crippen molar-refractivity contribution in [3.63, 3.8) is 0 Å². The quantitative estimate of drug-likeness (QED) is 0.365. The normalized spacial score (nSPS) is 15.8. The number of aryl methyl sites for hydroxylation is 1. The van der Waals surface area contributed by atoms with Gasteiger partial charge in [-0.15, -0.1) is 0 Å². The summed E-state index contributed by atoms with van der Waals surface area (Å²) < 4.78 is 11.1. The number of hydrogen-bond donors (Lipinski definition) is 1. The van der Waals surface area contributed by atoms with Crippen LogP contribution in [0.5, 0.6) is 5.75 Å². The first-order valence-corrected chi connectivity index (χ1v) is 14.5. The highest BCUT2D eigenvalue weighted by Crippen LogP contribution is 2.29. The van der Waals surface area contributed by atoms with Crippen LogP contribution in [0.2, 0.25) is 0 Å². The fraction of sp³-hybridized carbons (Fsp3) is 0.567. The molecule has 1 fully saturated rings. The Morgan fingerprint density at radius 1 is 1.03 bits per heavy atom. The fourth-order valence-electron chi connectivity index (χ4n) is 5.19. The lowest BCUT2D eigenvalue weighted by Gasteiger charge is -2.32. The molecule has 0 atom stereocenters. The van der Waals surface area contributed by atoms with Gasteiger partial charge in [0.05, 0.1) is 19.8 Å². The van der Waals surface area contributed by atoms with Crippen LogP contribution in [-0.2, 0) is 17.7 Å². The second-order valence-electron chi connectivity index (χ2n) is 10.0. The minimum atomic E-state index is 0.666. The molecule has 2 aliphatic heterocycles. The van der Waals surface area contributed by atoms with Crippen LogP contribution in [0, 0.1) is 0 Å². The maximum Gasteiger partial charge on any atom is 0.173 e. The molecule has 4 rings (SSSR count). The summed E-state index contributed by atoms with van der Waals surface area (Å²) in [6, 6.07) is 15.1. The van der Waals surface area contributed by atoms with Crippen molar-refractivity contribution >= 4 is 28.7 Å². The van der Waals surface area contributed by atoms with Gasteiger partial charge in [0, 0.05) is 57.2 Å². The minimum Gasteiger partial charge on any atom is -0.494 e. The van der Waals surface area contributed by atoms with Gasteiger partial charge in [-0.3, -0.25) is 4.90 Å². The molecule has 2 aromatic rings. The number of rotatable bonds is 12. The summed E-state index contributed by atoms with van der Waals surface area (Å²) in [5, 5.41) is 4.24. The number of benzene rings is 2. The number of ether oxygens (including phenoxy) is 2. The third-order valence-electron chi connectivity index (χ3n) is 7.22. The Bertz CT molecular complexity index is 978. The summed E-state index contributed by atoms with van der Waals surface area (Å²) in [7, 11) is 0. The molecule has 6 nitrogen and oxygen atoms in total. The van der Waals surface area contributed by atoms with Crippen LogP contribution in [0.4, 0.5) is 11.4 Å². The van der Waals surface area contributed by atoms with Crippen LogP contribution in [0.3, 0.4) is 0 Å². The van der Waals surface area contributed by atoms with Gasteiger partial charge in [-0.25, -0.2) is 0 Å². The lowest BCUT2D eigenvalue weighted by Crippen LogP contribution is -2.40. The molecule has 202 valence electrons. The van der Waals surface area contributed by atoms with E-state index in [1.807, 2.05) is 31.2 Å². The Hall–Kier alpha value is -2.35. The first-order valence-electron chi connectivity index (χ1n) is 14.1. The molecule has 2 aliphatic rings. The third-order valence-corrected chi connectivity index (χ3v) is 7.58. The van der Waals surface area contributed by atoms with Crippen molar-refractivity contribution in [3.8, 4) is 5.75 Å². The van der Waals surface area contributed by atoms with Crippen molar-refractivity contribution in [2.24, 2.45) is 0 Å². The smallest absolute Gasteiger partial charge is 0.173 e. The van der Waals surface area contributed by atoms with E-state index in [4.69, 9.17) is 21.7 Å². The molecular formula is C30H44N4O2S. The van der Waals surface area contributed by atoms with E-state index in [9.17, 15) is 0 Å². The summed E-state index contributed by atoms with van der Waals surface area (Å²) in [5.74, 6) is 0.878. The number of anilines is 2. The van der Waals surface area contributed by atoms with Crippen LogP contribution in [0.1, 0.15) is 50.7 Å². The summed E-state index contributed by atoms with van der Waals surface area (Å²) in [5.41, 5.74) is 5.23. The van der Waals surface area contributed by atoms with Crippen molar-refractivity contribution in [1.82, 2.24) is 9.80 Å². The van der Waals surface area contributed by atoms with Crippen LogP contribution < -0.4 is 15.0 Å². The maximum atomic E-state index is 5.94. The van der Waals surface area contributed by atoms with Gasteiger partial charge >= 0.3 is 0 Å². The summed E-state index contributed by atoms with van der Waals surface area (Å²) in [4.78, 5) is 7.39. The molecule has 0 radical (unpaired) electrons. The lowest BCUT2D eigenvalue weighted by atomic mass is 9.98. The van der Waals surface area contributed by atoms with Crippen molar-refractivity contribution in [3.05, 3.63) is 53.6 Å². The van der Waals surface area contributed by atoms with Crippen LogP contribution in [0.15, 0.2) is 42.5 Å². The van der Waals surface area contributed by atoms with E-state index in [1.165, 1.54) is 42.6 Å². The first kappa shape index (κ1) is 27.7. The number of unbranched alkanes of at least 4 members (excludes halogenated alkanes) is 1. The molecule has 2 aromatic carbocycles. The molecule has 0 unspecified atom stereocenters. The Balaban J connectivity index is 1.43. The monoisotopic (exact) mass is 524 g/mol. The summed E-state index contributed by atoms with van der Waals surface area (Å²) in [6.07, 6.45) is 5.96. The summed E-state index contributed by atoms with van der Waals surface area (Å²) in [6.45, 7) is 13.8. The second-order valence-corrected chi connectivity index (χ2v) is 10.4. The second kappa shape index (κ2) is 14.6. The molecule has 0 aliphatic carbocycles. The molecule has 0 amide bonds. The number of thiocarbonyl (C=S) groups is 1. The maximum absolute atomic E-state index is 5.94. The van der Waals surface area contributed by atoms with Crippen LogP contribution >= 0.6 is 12.2 Å². The zero-order valence-corrected chi connectivity index (χ0v) is 23.5. The Morgan fingerprint density at radius 2 is 1.84 bits per heavy atom. The van der Waals surface area contributed by atoms with E-state index in [0.717, 1.165) is 81.9 Å². The van der Waals surface area contributed by atoms with Gasteiger partial charge in [0.1, 0.15) is 5.75 Å². The number of hydrogen-bond acceptors (Lipinski definition) is 5. The van der Waals surface area contributed by atoms with E-state index in [-0.39, 0.29) is 0 Å². The zero-order chi connectivity index (χ0) is 25.9. The molecule has 37 heavy (non-hydrogen) atoms. The first-order chi connectivity index (χ1) is 18.2. The SMILES string of the molecule is CCCCN1CCCc2cc(CN(CCCN3CCOCC3)C(=S)Nc3ccc(OCC)cc3)ccc21. The number of nitrogens with zero attached hydrogens (tertiary/aromatic N) is 3. The van der Waals surface area contributed by atoms with Gasteiger partial charge in [0.15, 0.2) is 5.11 Å². The molecule has 0 saturated carbocycles. The van der Waals surface area contributed by atoms with Gasteiger partial charge in [0.25, 0.3) is 0 Å². The van der Waals surface area contributed by atoms with E-state index >= 15 is 0 Å². The largest absolute Gasteiger partial charge is 0.494 e. The van der Waals surface area contributed by atoms with Crippen LogP contribution in [0.25, 0.3) is 0 Å². The Kier molecular flexibility index (Phi) is 10.9. The number of morpholine rings is 1. The summed E-state index contributed by atoms with van der Waals surface area (Å²) >= 11 is 5.94. The Labute approximate surface area is 228 Å². The van der Waals surface area contributed by atoms with Crippen molar-refractivity contribution in [1.29, 1.82) is 0 Å². The zero-order valence-electron chi connectivity index (χ0n) is 22.7. The molecule has 2 heterocycles. The average Bonchev–Trinajstić information content (AvgIpc) is 2.93. The molecule has 7 heteroatoms. The van der Waals surface area contributed by atoms with Gasteiger partial charge in [0.2, 0.25) is 0 Å². The molecule has 0 aromatic heterocycles. The predicted molar refractivity (Wildman–Crippen MR) is 158 cm³/mol. The Morgan fingerprint density at radius 3 is 2.59 bits per heavy atom. The molecule has 1 saturated heterocycles. The van der Waals surface area contributed by atoms with E-state index < -0.39 is 0 Å². The van der Waals surface area contributed by atoms with Crippen LogP contribution in [-0.4, -0.2) is 74.0 Å². The predicted octanol–water partition coefficient (Wildman–Crippen LogP) is 5.56. The van der Waals surface area contributed by atoms with E-state index in [0.29, 0.717) is 6.61 Å². The molecular weight excluding hydrogens is 480 g/mol. The number of fused-ring (bicyclic) bond motifs is 1. The van der Waals surface area contributed by atoms with Crippen molar-refractivity contribution in [2.45, 2.75) is 52.5 Å². The van der Waals surface area contributed by atoms with E-state index in [2.05, 4.69) is 45.1 Å². The molecule has 1 N–H and O–H groups in total. The highest BCUT2D eigenvalue weighted by molar-refractivity contribution is 7.80. The highest BCUT2D eigenvalue weighted by atomic mass is 32.1. The minimum absolute atomic E-state index is 0.666. The molecule has 0 spiro atoms. The standard InChI is InChI=1S/C30H44N4O2S/c1-3-5-16-33-17-6-8-26-23-25(9-14-29(26)33)24-34(18-7-15-32-19-21-35-22-20-32)30(37)31-27-10-12-28(13-11-27)36-4-2/h9-14,23H,3-8,15-22,24H2,1-2H3,(H,31,37). The van der Waals surface area contributed by atoms with Crippen molar-refractivity contribution in [2.75, 3.05) is 69.3 Å². The highest BCUT2D eigenvalue weighted by Gasteiger charge is 2.19. The lowest BCUT2D eigenvalue weighted by molar-refractivity contribution is 0.0368. The van der Waals surface area contributed by atoms with Gasteiger partial charge in [-0.05, 0) is 86.3 Å². The molecule has 0 bridgehead atoms. The average molecular weight is 525 g/mol. The van der Waals surface area contributed by atoms with E-state index in [1.54, 1.807) is 0 Å². The number of nitrogens with one attached hydrogen (secondary N) is 1. The fourth-order valence-corrected chi connectivity index (χ4v) is 5.47. The van der Waals surface area contributed by atoms with Gasteiger partial charge < -0.3 is 24.6 Å². The van der Waals surface area contributed by atoms with Gasteiger partial charge in [-0.1, -0.05) is 25.5 Å². The topological polar surface area (TPSA) is 40.2 Å².